The number of aliphatic carboxylic acids is 2. The number of nitrogens with one attached hydrogen (secondary N) is 1. The van der Waals surface area contributed by atoms with Gasteiger partial charge in [-0.2, -0.15) is 17.9 Å². The normalized spacial score (nSPS) is 12.7. The van der Waals surface area contributed by atoms with Crippen LogP contribution in [-0.4, -0.2) is 42.8 Å². The third-order valence-electron chi connectivity index (χ3n) is 2.00. The smallest absolute Gasteiger partial charge is 0.480 e. The number of carbonyl (C=O) groups is 2. The molecule has 0 aliphatic heterocycles. The van der Waals surface area contributed by atoms with Crippen molar-refractivity contribution in [1.82, 2.24) is 4.72 Å². The van der Waals surface area contributed by atoms with Gasteiger partial charge >= 0.3 is 18.1 Å². The van der Waals surface area contributed by atoms with Crippen molar-refractivity contribution in [1.29, 1.82) is 0 Å². The van der Waals surface area contributed by atoms with Gasteiger partial charge in [-0.3, -0.25) is 4.79 Å². The summed E-state index contributed by atoms with van der Waals surface area (Å²) in [6.45, 7) is 1.27. The molecule has 1 aromatic rings. The van der Waals surface area contributed by atoms with Crippen LogP contribution in [0.1, 0.15) is 6.92 Å². The van der Waals surface area contributed by atoms with Crippen LogP contribution < -0.4 is 4.72 Å². The Balaban J connectivity index is 0.000000534. The molecule has 0 aromatic heterocycles. The fraction of sp³-hybridized carbons (Fsp3) is 0.273. The summed E-state index contributed by atoms with van der Waals surface area (Å²) in [5.74, 6) is -3.97. The number of benzene rings is 1. The van der Waals surface area contributed by atoms with Crippen LogP contribution in [-0.2, 0) is 19.6 Å². The van der Waals surface area contributed by atoms with Crippen LogP contribution in [0.4, 0.5) is 13.2 Å². The first-order chi connectivity index (χ1) is 9.88. The van der Waals surface area contributed by atoms with E-state index in [1.54, 1.807) is 18.2 Å². The zero-order valence-corrected chi connectivity index (χ0v) is 11.9. The molecule has 11 heteroatoms. The van der Waals surface area contributed by atoms with Crippen molar-refractivity contribution in [2.24, 2.45) is 0 Å². The minimum atomic E-state index is -5.08. The van der Waals surface area contributed by atoms with Gasteiger partial charge in [0.2, 0.25) is 10.0 Å². The minimum Gasteiger partial charge on any atom is -0.480 e. The number of halogens is 3. The maximum atomic E-state index is 11.6. The van der Waals surface area contributed by atoms with Crippen molar-refractivity contribution >= 4 is 22.0 Å². The largest absolute Gasteiger partial charge is 0.490 e. The topological polar surface area (TPSA) is 121 Å². The third kappa shape index (κ3) is 7.04. The molecule has 1 atom stereocenters. The molecule has 22 heavy (non-hydrogen) atoms. The Morgan fingerprint density at radius 3 is 1.86 bits per heavy atom. The number of sulfonamides is 1. The lowest BCUT2D eigenvalue weighted by Gasteiger charge is -2.09. The first-order valence-electron chi connectivity index (χ1n) is 5.48. The van der Waals surface area contributed by atoms with Crippen LogP contribution in [0.5, 0.6) is 0 Å². The lowest BCUT2D eigenvalue weighted by molar-refractivity contribution is -0.192. The highest BCUT2D eigenvalue weighted by Gasteiger charge is 2.38. The van der Waals surface area contributed by atoms with Crippen molar-refractivity contribution < 1.29 is 41.4 Å². The molecule has 0 unspecified atom stereocenters. The Kier molecular flexibility index (Phi) is 7.00. The van der Waals surface area contributed by atoms with Crippen LogP contribution in [0.25, 0.3) is 0 Å². The average molecular weight is 343 g/mol. The highest BCUT2D eigenvalue weighted by molar-refractivity contribution is 7.89. The predicted octanol–water partition coefficient (Wildman–Crippen LogP) is 1.07. The van der Waals surface area contributed by atoms with Crippen LogP contribution in [0, 0.1) is 0 Å². The summed E-state index contributed by atoms with van der Waals surface area (Å²) in [6.07, 6.45) is -5.08. The Morgan fingerprint density at radius 1 is 1.14 bits per heavy atom. The Hall–Kier alpha value is -2.14. The molecule has 0 aliphatic carbocycles. The first-order valence-corrected chi connectivity index (χ1v) is 6.96. The molecular formula is C11H12F3NO6S. The monoisotopic (exact) mass is 343 g/mol. The van der Waals surface area contributed by atoms with Gasteiger partial charge in [-0.15, -0.1) is 0 Å². The number of rotatable bonds is 4. The molecule has 1 aromatic carbocycles. The van der Waals surface area contributed by atoms with Gasteiger partial charge < -0.3 is 10.2 Å². The molecule has 0 fully saturated rings. The van der Waals surface area contributed by atoms with Crippen molar-refractivity contribution in [3.63, 3.8) is 0 Å². The zero-order valence-electron chi connectivity index (χ0n) is 11.0. The molecule has 0 spiro atoms. The van der Waals surface area contributed by atoms with Crippen molar-refractivity contribution in [2.75, 3.05) is 0 Å². The van der Waals surface area contributed by atoms with E-state index in [1.165, 1.54) is 19.1 Å². The quantitative estimate of drug-likeness (QED) is 0.752. The van der Waals surface area contributed by atoms with E-state index < -0.39 is 34.2 Å². The van der Waals surface area contributed by atoms with Crippen molar-refractivity contribution in [3.8, 4) is 0 Å². The molecule has 0 saturated carbocycles. The standard InChI is InChI=1S/C9H11NO4S.C2HF3O2/c1-7(9(11)12)10-15(13,14)8-5-3-2-4-6-8;3-2(4,5)1(6)7/h2-7,10H,1H3,(H,11,12);(H,6,7)/t7-;/m0./s1. The molecule has 124 valence electrons. The number of carboxylic acids is 2. The molecule has 0 saturated heterocycles. The van der Waals surface area contributed by atoms with Gasteiger partial charge in [-0.1, -0.05) is 18.2 Å². The molecule has 3 N–H and O–H groups in total. The van der Waals surface area contributed by atoms with E-state index in [4.69, 9.17) is 15.0 Å². The van der Waals surface area contributed by atoms with Crippen LogP contribution in [0.2, 0.25) is 0 Å². The van der Waals surface area contributed by atoms with Crippen LogP contribution in [0.3, 0.4) is 0 Å². The van der Waals surface area contributed by atoms with Gasteiger partial charge in [-0.05, 0) is 19.1 Å². The van der Waals surface area contributed by atoms with Gasteiger partial charge in [0, 0.05) is 0 Å². The lowest BCUT2D eigenvalue weighted by Crippen LogP contribution is -2.38. The summed E-state index contributed by atoms with van der Waals surface area (Å²) in [4.78, 5) is 19.4. The second-order valence-electron chi connectivity index (χ2n) is 3.80. The van der Waals surface area contributed by atoms with E-state index in [0.717, 1.165) is 0 Å². The lowest BCUT2D eigenvalue weighted by atomic mass is 10.4. The number of hydrogen-bond acceptors (Lipinski definition) is 4. The summed E-state index contributed by atoms with van der Waals surface area (Å²) in [6, 6.07) is 6.48. The van der Waals surface area contributed by atoms with E-state index in [2.05, 4.69) is 0 Å². The van der Waals surface area contributed by atoms with Crippen LogP contribution >= 0.6 is 0 Å². The summed E-state index contributed by atoms with van der Waals surface area (Å²) < 4.78 is 56.9. The number of carboxylic acid groups (broad SMARTS) is 2. The summed E-state index contributed by atoms with van der Waals surface area (Å²) in [5, 5.41) is 15.7. The number of hydrogen-bond donors (Lipinski definition) is 3. The Bertz CT molecular complexity index is 614. The first kappa shape index (κ1) is 19.9. The van der Waals surface area contributed by atoms with Gasteiger partial charge in [-0.25, -0.2) is 13.2 Å². The third-order valence-corrected chi connectivity index (χ3v) is 3.55. The molecule has 0 aliphatic rings. The maximum absolute atomic E-state index is 11.6. The zero-order chi connectivity index (χ0) is 17.6. The van der Waals surface area contributed by atoms with E-state index in [9.17, 15) is 26.4 Å². The number of alkyl halides is 3. The molecule has 0 heterocycles. The second kappa shape index (κ2) is 7.75. The fourth-order valence-corrected chi connectivity index (χ4v) is 2.17. The van der Waals surface area contributed by atoms with Gasteiger partial charge in [0.05, 0.1) is 4.90 Å². The van der Waals surface area contributed by atoms with Gasteiger partial charge in [0.25, 0.3) is 0 Å². The van der Waals surface area contributed by atoms with Gasteiger partial charge in [0.15, 0.2) is 0 Å². The van der Waals surface area contributed by atoms with E-state index in [1.807, 2.05) is 4.72 Å². The Labute approximate surface area is 123 Å². The van der Waals surface area contributed by atoms with E-state index in [-0.39, 0.29) is 4.90 Å². The SMILES string of the molecule is C[C@H](NS(=O)(=O)c1ccccc1)C(=O)O.O=C(O)C(F)(F)F. The minimum absolute atomic E-state index is 0.0538. The highest BCUT2D eigenvalue weighted by Crippen LogP contribution is 2.13. The molecular weight excluding hydrogens is 331 g/mol. The fourth-order valence-electron chi connectivity index (χ4n) is 0.951. The van der Waals surface area contributed by atoms with E-state index in [0.29, 0.717) is 0 Å². The maximum Gasteiger partial charge on any atom is 0.490 e. The molecule has 1 rings (SSSR count). The average Bonchev–Trinajstić information content (AvgIpc) is 2.38. The van der Waals surface area contributed by atoms with E-state index >= 15 is 0 Å². The van der Waals surface area contributed by atoms with Crippen molar-refractivity contribution in [3.05, 3.63) is 30.3 Å². The molecule has 0 amide bonds. The van der Waals surface area contributed by atoms with Crippen LogP contribution in [0.15, 0.2) is 35.2 Å². The predicted molar refractivity (Wildman–Crippen MR) is 67.6 cm³/mol. The highest BCUT2D eigenvalue weighted by atomic mass is 32.2. The summed E-state index contributed by atoms with van der Waals surface area (Å²) >= 11 is 0. The molecule has 0 radical (unpaired) electrons. The van der Waals surface area contributed by atoms with Gasteiger partial charge in [0.1, 0.15) is 6.04 Å². The van der Waals surface area contributed by atoms with Crippen molar-refractivity contribution in [2.45, 2.75) is 24.0 Å². The summed E-state index contributed by atoms with van der Waals surface area (Å²) in [5.41, 5.74) is 0. The Morgan fingerprint density at radius 2 is 1.55 bits per heavy atom. The summed E-state index contributed by atoms with van der Waals surface area (Å²) in [7, 11) is -3.74. The molecule has 7 nitrogen and oxygen atoms in total. The molecule has 0 bridgehead atoms. The second-order valence-corrected chi connectivity index (χ2v) is 5.51.